The van der Waals surface area contributed by atoms with Crippen molar-refractivity contribution in [3.05, 3.63) is 54.4 Å². The average molecular weight is 396 g/mol. The molecule has 2 aliphatic rings. The van der Waals surface area contributed by atoms with E-state index >= 15 is 0 Å². The maximum absolute atomic E-state index is 13.2. The van der Waals surface area contributed by atoms with E-state index < -0.39 is 10.0 Å². The van der Waals surface area contributed by atoms with E-state index in [0.29, 0.717) is 36.5 Å². The van der Waals surface area contributed by atoms with Gasteiger partial charge in [-0.2, -0.15) is 4.31 Å². The number of rotatable bonds is 3. The molecule has 3 aromatic rings. The molecule has 0 bridgehead atoms. The molecule has 2 aromatic carbocycles. The van der Waals surface area contributed by atoms with Crippen LogP contribution in [0, 0.1) is 0 Å². The number of nitrogens with one attached hydrogen (secondary N) is 1. The molecule has 0 radical (unpaired) electrons. The van der Waals surface area contributed by atoms with Crippen molar-refractivity contribution in [3.8, 4) is 0 Å². The summed E-state index contributed by atoms with van der Waals surface area (Å²) >= 11 is 0. The highest BCUT2D eigenvalue weighted by molar-refractivity contribution is 7.89. The summed E-state index contributed by atoms with van der Waals surface area (Å²) in [4.78, 5) is 16.2. The van der Waals surface area contributed by atoms with Crippen molar-refractivity contribution in [1.82, 2.24) is 13.9 Å². The first kappa shape index (κ1) is 17.4. The van der Waals surface area contributed by atoms with Gasteiger partial charge < -0.3 is 9.88 Å². The van der Waals surface area contributed by atoms with Crippen molar-refractivity contribution >= 4 is 32.7 Å². The van der Waals surface area contributed by atoms with E-state index in [4.69, 9.17) is 0 Å². The smallest absolute Gasteiger partial charge is 0.243 e. The van der Waals surface area contributed by atoms with Crippen LogP contribution in [-0.2, 0) is 21.2 Å². The van der Waals surface area contributed by atoms with Crippen LogP contribution >= 0.6 is 0 Å². The van der Waals surface area contributed by atoms with E-state index in [1.165, 1.54) is 0 Å². The highest BCUT2D eigenvalue weighted by Gasteiger charge is 2.34. The first-order chi connectivity index (χ1) is 13.5. The predicted molar refractivity (Wildman–Crippen MR) is 106 cm³/mol. The molecule has 1 amide bonds. The molecule has 5 rings (SSSR count). The number of imidazole rings is 1. The van der Waals surface area contributed by atoms with Crippen molar-refractivity contribution in [1.29, 1.82) is 0 Å². The first-order valence-corrected chi connectivity index (χ1v) is 10.8. The summed E-state index contributed by atoms with van der Waals surface area (Å²) in [7, 11) is -3.58. The number of fused-ring (bicyclic) bond motifs is 2. The third-order valence-electron chi connectivity index (χ3n) is 5.61. The number of aryl methyl sites for hydroxylation is 1. The number of carbonyl (C=O) groups is 1. The van der Waals surface area contributed by atoms with Crippen molar-refractivity contribution in [2.24, 2.45) is 0 Å². The Morgan fingerprint density at radius 3 is 2.86 bits per heavy atom. The Balaban J connectivity index is 1.41. The Kier molecular flexibility index (Phi) is 3.99. The molecule has 1 fully saturated rings. The van der Waals surface area contributed by atoms with Crippen molar-refractivity contribution < 1.29 is 13.2 Å². The largest absolute Gasteiger partial charge is 0.326 e. The second kappa shape index (κ2) is 6.42. The van der Waals surface area contributed by atoms with Gasteiger partial charge in [-0.1, -0.05) is 12.1 Å². The summed E-state index contributed by atoms with van der Waals surface area (Å²) in [6, 6.07) is 12.9. The minimum Gasteiger partial charge on any atom is -0.326 e. The molecule has 1 N–H and O–H groups in total. The predicted octanol–water partition coefficient (Wildman–Crippen LogP) is 2.56. The van der Waals surface area contributed by atoms with Crippen LogP contribution < -0.4 is 5.32 Å². The summed E-state index contributed by atoms with van der Waals surface area (Å²) in [6.45, 7) is 0.907. The Morgan fingerprint density at radius 2 is 1.96 bits per heavy atom. The number of nitrogens with zero attached hydrogens (tertiary/aromatic N) is 3. The Labute approximate surface area is 163 Å². The van der Waals surface area contributed by atoms with Gasteiger partial charge in [0, 0.05) is 25.2 Å². The zero-order valence-corrected chi connectivity index (χ0v) is 16.0. The van der Waals surface area contributed by atoms with Gasteiger partial charge in [0.2, 0.25) is 15.9 Å². The minimum absolute atomic E-state index is 0.0296. The number of hydrogen-bond acceptors (Lipinski definition) is 4. The molecule has 1 saturated heterocycles. The van der Waals surface area contributed by atoms with Gasteiger partial charge in [0.05, 0.1) is 28.3 Å². The summed E-state index contributed by atoms with van der Waals surface area (Å²) in [5.41, 5.74) is 3.52. The minimum atomic E-state index is -3.58. The quantitative estimate of drug-likeness (QED) is 0.737. The van der Waals surface area contributed by atoms with Crippen LogP contribution in [0.4, 0.5) is 5.69 Å². The SMILES string of the molecule is O=C1CCc2cc(S(=O)(=O)N3CC[C@@H](n4cnc5ccccc54)C3)ccc2N1. The van der Waals surface area contributed by atoms with Crippen molar-refractivity contribution in [3.63, 3.8) is 0 Å². The average Bonchev–Trinajstić information content (AvgIpc) is 3.34. The van der Waals surface area contributed by atoms with E-state index in [9.17, 15) is 13.2 Å². The lowest BCUT2D eigenvalue weighted by Gasteiger charge is -2.20. The highest BCUT2D eigenvalue weighted by atomic mass is 32.2. The standard InChI is InChI=1S/C20H20N4O3S/c25-20-8-5-14-11-16(6-7-17(14)22-20)28(26,27)23-10-9-15(12-23)24-13-21-18-3-1-2-4-19(18)24/h1-4,6-7,11,13,15H,5,8-10,12H2,(H,22,25)/t15-/m1/s1. The van der Waals surface area contributed by atoms with Crippen LogP contribution in [0.2, 0.25) is 0 Å². The van der Waals surface area contributed by atoms with E-state index in [1.807, 2.05) is 24.3 Å². The van der Waals surface area contributed by atoms with Gasteiger partial charge in [-0.3, -0.25) is 4.79 Å². The normalized spacial score (nSPS) is 20.3. The number of benzene rings is 2. The second-order valence-electron chi connectivity index (χ2n) is 7.31. The molecule has 7 nitrogen and oxygen atoms in total. The van der Waals surface area contributed by atoms with Gasteiger partial charge in [0.15, 0.2) is 0 Å². The van der Waals surface area contributed by atoms with E-state index in [0.717, 1.165) is 23.0 Å². The number of aromatic nitrogens is 2. The summed E-state index contributed by atoms with van der Waals surface area (Å²) in [5, 5.41) is 2.79. The summed E-state index contributed by atoms with van der Waals surface area (Å²) < 4.78 is 30.0. The molecule has 1 atom stereocenters. The molecule has 144 valence electrons. The van der Waals surface area contributed by atoms with Gasteiger partial charge in [-0.15, -0.1) is 0 Å². The molecule has 0 unspecified atom stereocenters. The second-order valence-corrected chi connectivity index (χ2v) is 9.25. The highest BCUT2D eigenvalue weighted by Crippen LogP contribution is 2.32. The molecular weight excluding hydrogens is 376 g/mol. The lowest BCUT2D eigenvalue weighted by Crippen LogP contribution is -2.29. The fraction of sp³-hybridized carbons (Fsp3) is 0.300. The van der Waals surface area contributed by atoms with Crippen molar-refractivity contribution in [2.75, 3.05) is 18.4 Å². The Hall–Kier alpha value is -2.71. The van der Waals surface area contributed by atoms with Gasteiger partial charge in [-0.25, -0.2) is 13.4 Å². The van der Waals surface area contributed by atoms with Crippen LogP contribution in [0.25, 0.3) is 11.0 Å². The number of carbonyl (C=O) groups excluding carboxylic acids is 1. The summed E-state index contributed by atoms with van der Waals surface area (Å²) in [6.07, 6.45) is 3.50. The van der Waals surface area contributed by atoms with Gasteiger partial charge >= 0.3 is 0 Å². The van der Waals surface area contributed by atoms with E-state index in [1.54, 1.807) is 28.8 Å². The van der Waals surface area contributed by atoms with Crippen LogP contribution in [-0.4, -0.2) is 41.3 Å². The number of anilines is 1. The van der Waals surface area contributed by atoms with Crippen LogP contribution in [0.5, 0.6) is 0 Å². The molecule has 3 heterocycles. The first-order valence-electron chi connectivity index (χ1n) is 9.37. The maximum atomic E-state index is 13.2. The maximum Gasteiger partial charge on any atom is 0.243 e. The van der Waals surface area contributed by atoms with Crippen LogP contribution in [0.1, 0.15) is 24.4 Å². The molecule has 0 saturated carbocycles. The molecular formula is C20H20N4O3S. The number of amides is 1. The molecule has 1 aromatic heterocycles. The number of para-hydroxylation sites is 2. The Bertz CT molecular complexity index is 1190. The van der Waals surface area contributed by atoms with Gasteiger partial charge in [0.1, 0.15) is 0 Å². The number of hydrogen-bond donors (Lipinski definition) is 1. The molecule has 8 heteroatoms. The Morgan fingerprint density at radius 1 is 1.11 bits per heavy atom. The van der Waals surface area contributed by atoms with Crippen LogP contribution in [0.15, 0.2) is 53.7 Å². The molecule has 2 aliphatic heterocycles. The van der Waals surface area contributed by atoms with Crippen molar-refractivity contribution in [2.45, 2.75) is 30.2 Å². The fourth-order valence-corrected chi connectivity index (χ4v) is 5.64. The number of sulfonamides is 1. The lowest BCUT2D eigenvalue weighted by atomic mass is 10.0. The monoisotopic (exact) mass is 396 g/mol. The molecule has 28 heavy (non-hydrogen) atoms. The van der Waals surface area contributed by atoms with Crippen LogP contribution in [0.3, 0.4) is 0 Å². The lowest BCUT2D eigenvalue weighted by molar-refractivity contribution is -0.116. The fourth-order valence-electron chi connectivity index (χ4n) is 4.09. The third kappa shape index (κ3) is 2.80. The van der Waals surface area contributed by atoms with Gasteiger partial charge in [-0.05, 0) is 48.7 Å². The zero-order valence-electron chi connectivity index (χ0n) is 15.2. The summed E-state index contributed by atoms with van der Waals surface area (Å²) in [5.74, 6) is -0.0296. The topological polar surface area (TPSA) is 84.3 Å². The molecule has 0 spiro atoms. The van der Waals surface area contributed by atoms with E-state index in [2.05, 4.69) is 14.9 Å². The van der Waals surface area contributed by atoms with E-state index in [-0.39, 0.29) is 11.9 Å². The molecule has 0 aliphatic carbocycles. The third-order valence-corrected chi connectivity index (χ3v) is 7.47. The zero-order chi connectivity index (χ0) is 19.3. The van der Waals surface area contributed by atoms with Gasteiger partial charge in [0.25, 0.3) is 0 Å².